The third-order valence-corrected chi connectivity index (χ3v) is 4.50. The average Bonchev–Trinajstić information content (AvgIpc) is 3.04. The van der Waals surface area contributed by atoms with Gasteiger partial charge < -0.3 is 19.9 Å². The lowest BCUT2D eigenvalue weighted by molar-refractivity contribution is 0.0944. The molecule has 0 atom stereocenters. The van der Waals surface area contributed by atoms with Gasteiger partial charge >= 0.3 is 0 Å². The first-order valence-corrected chi connectivity index (χ1v) is 9.71. The van der Waals surface area contributed by atoms with E-state index in [2.05, 4.69) is 15.8 Å². The van der Waals surface area contributed by atoms with E-state index in [1.54, 1.807) is 48.5 Å². The molecule has 2 N–H and O–H groups in total. The van der Waals surface area contributed by atoms with Crippen LogP contribution < -0.4 is 15.4 Å². The number of rotatable bonds is 7. The zero-order valence-electron chi connectivity index (χ0n) is 17.5. The van der Waals surface area contributed by atoms with Gasteiger partial charge in [0.2, 0.25) is 0 Å². The molecule has 0 aliphatic carbocycles. The van der Waals surface area contributed by atoms with Crippen molar-refractivity contribution in [3.8, 4) is 5.75 Å². The van der Waals surface area contributed by atoms with Crippen molar-refractivity contribution in [1.82, 2.24) is 10.5 Å². The summed E-state index contributed by atoms with van der Waals surface area (Å²) in [6.45, 7) is 7.74. The fourth-order valence-corrected chi connectivity index (χ4v) is 2.92. The average molecular weight is 407 g/mol. The van der Waals surface area contributed by atoms with Crippen LogP contribution in [0.25, 0.3) is 0 Å². The number of hydrogen-bond donors (Lipinski definition) is 2. The van der Waals surface area contributed by atoms with E-state index in [1.807, 2.05) is 27.7 Å². The van der Waals surface area contributed by atoms with Crippen molar-refractivity contribution in [3.63, 3.8) is 0 Å². The number of carbonyl (C=O) groups is 2. The molecular weight excluding hydrogens is 382 g/mol. The molecule has 0 spiro atoms. The standard InChI is InChI=1S/C23H25N3O4/c1-14(2)24-23(28)19-10-5-6-11-21(19)25-22(27)17-8-7-9-18(12-17)29-13-20-15(3)26-30-16(20)4/h5-12,14H,13H2,1-4H3,(H,24,28)(H,25,27). The Kier molecular flexibility index (Phi) is 6.51. The van der Waals surface area contributed by atoms with Crippen LogP contribution in [0.2, 0.25) is 0 Å². The topological polar surface area (TPSA) is 93.5 Å². The normalized spacial score (nSPS) is 10.7. The molecule has 0 fully saturated rings. The van der Waals surface area contributed by atoms with Crippen molar-refractivity contribution >= 4 is 17.5 Å². The van der Waals surface area contributed by atoms with E-state index < -0.39 is 0 Å². The fourth-order valence-electron chi connectivity index (χ4n) is 2.92. The van der Waals surface area contributed by atoms with E-state index in [1.165, 1.54) is 0 Å². The van der Waals surface area contributed by atoms with Crippen molar-refractivity contribution < 1.29 is 18.8 Å². The Balaban J connectivity index is 1.72. The van der Waals surface area contributed by atoms with Crippen LogP contribution in [0.1, 0.15) is 51.6 Å². The zero-order chi connectivity index (χ0) is 21.7. The van der Waals surface area contributed by atoms with Gasteiger partial charge in [0.25, 0.3) is 11.8 Å². The minimum absolute atomic E-state index is 0.00668. The van der Waals surface area contributed by atoms with Gasteiger partial charge in [0.15, 0.2) is 0 Å². The third kappa shape index (κ3) is 5.05. The molecule has 1 heterocycles. The van der Waals surface area contributed by atoms with Crippen LogP contribution in [0, 0.1) is 13.8 Å². The SMILES string of the molecule is Cc1noc(C)c1COc1cccc(C(=O)Nc2ccccc2C(=O)NC(C)C)c1. The number of nitrogens with zero attached hydrogens (tertiary/aromatic N) is 1. The van der Waals surface area contributed by atoms with Crippen molar-refractivity contribution in [2.45, 2.75) is 40.3 Å². The first kappa shape index (κ1) is 21.1. The van der Waals surface area contributed by atoms with Crippen molar-refractivity contribution in [2.24, 2.45) is 0 Å². The summed E-state index contributed by atoms with van der Waals surface area (Å²) < 4.78 is 11.0. The number of amides is 2. The Morgan fingerprint density at radius 2 is 1.83 bits per heavy atom. The van der Waals surface area contributed by atoms with Gasteiger partial charge in [0.1, 0.15) is 18.1 Å². The summed E-state index contributed by atoms with van der Waals surface area (Å²) in [4.78, 5) is 25.2. The number of benzene rings is 2. The summed E-state index contributed by atoms with van der Waals surface area (Å²) in [7, 11) is 0. The molecule has 3 aromatic rings. The van der Waals surface area contributed by atoms with Crippen LogP contribution >= 0.6 is 0 Å². The van der Waals surface area contributed by atoms with Crippen LogP contribution in [0.3, 0.4) is 0 Å². The van der Waals surface area contributed by atoms with Crippen molar-refractivity contribution in [1.29, 1.82) is 0 Å². The highest BCUT2D eigenvalue weighted by atomic mass is 16.5. The molecule has 0 radical (unpaired) electrons. The molecule has 156 valence electrons. The monoisotopic (exact) mass is 407 g/mol. The molecule has 2 amide bonds. The minimum atomic E-state index is -0.331. The van der Waals surface area contributed by atoms with Gasteiger partial charge in [-0.25, -0.2) is 0 Å². The van der Waals surface area contributed by atoms with E-state index in [0.29, 0.717) is 34.9 Å². The van der Waals surface area contributed by atoms with Gasteiger partial charge in [-0.15, -0.1) is 0 Å². The van der Waals surface area contributed by atoms with Gasteiger partial charge in [0, 0.05) is 11.6 Å². The second-order valence-electron chi connectivity index (χ2n) is 7.25. The molecular formula is C23H25N3O4. The van der Waals surface area contributed by atoms with E-state index in [0.717, 1.165) is 11.3 Å². The Bertz CT molecular complexity index is 1040. The predicted molar refractivity (Wildman–Crippen MR) is 114 cm³/mol. The number of hydrogen-bond acceptors (Lipinski definition) is 5. The summed E-state index contributed by atoms with van der Waals surface area (Å²) in [5, 5.41) is 9.56. The predicted octanol–water partition coefficient (Wildman–Crippen LogP) is 4.26. The first-order chi connectivity index (χ1) is 14.3. The number of anilines is 1. The van der Waals surface area contributed by atoms with E-state index in [4.69, 9.17) is 9.26 Å². The highest BCUT2D eigenvalue weighted by molar-refractivity contribution is 6.09. The highest BCUT2D eigenvalue weighted by Crippen LogP contribution is 2.21. The molecule has 0 aliphatic heterocycles. The minimum Gasteiger partial charge on any atom is -0.489 e. The van der Waals surface area contributed by atoms with Gasteiger partial charge in [-0.2, -0.15) is 0 Å². The van der Waals surface area contributed by atoms with E-state index >= 15 is 0 Å². The van der Waals surface area contributed by atoms with E-state index in [-0.39, 0.29) is 17.9 Å². The van der Waals surface area contributed by atoms with Crippen LogP contribution in [0.5, 0.6) is 5.75 Å². The lowest BCUT2D eigenvalue weighted by atomic mass is 10.1. The molecule has 0 aliphatic rings. The molecule has 0 unspecified atom stereocenters. The number of aryl methyl sites for hydroxylation is 2. The molecule has 7 heteroatoms. The maximum atomic E-state index is 12.8. The fraction of sp³-hybridized carbons (Fsp3) is 0.261. The maximum absolute atomic E-state index is 12.8. The summed E-state index contributed by atoms with van der Waals surface area (Å²) in [5.74, 6) is 0.686. The Hall–Kier alpha value is -3.61. The van der Waals surface area contributed by atoms with Gasteiger partial charge in [0.05, 0.1) is 22.5 Å². The third-order valence-electron chi connectivity index (χ3n) is 4.50. The number of para-hydroxylation sites is 1. The van der Waals surface area contributed by atoms with Gasteiger partial charge in [-0.05, 0) is 58.0 Å². The van der Waals surface area contributed by atoms with Crippen LogP contribution in [-0.4, -0.2) is 23.0 Å². The Labute approximate surface area is 175 Å². The van der Waals surface area contributed by atoms with Crippen molar-refractivity contribution in [3.05, 3.63) is 76.7 Å². The van der Waals surface area contributed by atoms with Crippen LogP contribution in [0.15, 0.2) is 53.1 Å². The van der Waals surface area contributed by atoms with Gasteiger partial charge in [-0.1, -0.05) is 23.4 Å². The highest BCUT2D eigenvalue weighted by Gasteiger charge is 2.15. The lowest BCUT2D eigenvalue weighted by Crippen LogP contribution is -2.31. The molecule has 0 saturated carbocycles. The second kappa shape index (κ2) is 9.26. The molecule has 2 aromatic carbocycles. The largest absolute Gasteiger partial charge is 0.489 e. The molecule has 1 aromatic heterocycles. The number of nitrogens with one attached hydrogen (secondary N) is 2. The summed E-state index contributed by atoms with van der Waals surface area (Å²) >= 11 is 0. The maximum Gasteiger partial charge on any atom is 0.255 e. The number of aromatic nitrogens is 1. The molecule has 0 bridgehead atoms. The van der Waals surface area contributed by atoms with Gasteiger partial charge in [-0.3, -0.25) is 9.59 Å². The summed E-state index contributed by atoms with van der Waals surface area (Å²) in [5.41, 5.74) is 2.94. The molecule has 3 rings (SSSR count). The molecule has 0 saturated heterocycles. The van der Waals surface area contributed by atoms with Crippen LogP contribution in [0.4, 0.5) is 5.69 Å². The number of ether oxygens (including phenoxy) is 1. The first-order valence-electron chi connectivity index (χ1n) is 9.71. The van der Waals surface area contributed by atoms with E-state index in [9.17, 15) is 9.59 Å². The second-order valence-corrected chi connectivity index (χ2v) is 7.25. The Morgan fingerprint density at radius 1 is 1.07 bits per heavy atom. The zero-order valence-corrected chi connectivity index (χ0v) is 17.5. The van der Waals surface area contributed by atoms with Crippen molar-refractivity contribution in [2.75, 3.05) is 5.32 Å². The van der Waals surface area contributed by atoms with Crippen LogP contribution in [-0.2, 0) is 6.61 Å². The lowest BCUT2D eigenvalue weighted by Gasteiger charge is -2.13. The molecule has 30 heavy (non-hydrogen) atoms. The molecule has 7 nitrogen and oxygen atoms in total. The Morgan fingerprint density at radius 3 is 2.53 bits per heavy atom. The quantitative estimate of drug-likeness (QED) is 0.610. The summed E-state index contributed by atoms with van der Waals surface area (Å²) in [6.07, 6.45) is 0. The summed E-state index contributed by atoms with van der Waals surface area (Å²) in [6, 6.07) is 13.8. The number of carbonyl (C=O) groups excluding carboxylic acids is 2. The smallest absolute Gasteiger partial charge is 0.255 e.